The van der Waals surface area contributed by atoms with Gasteiger partial charge in [0.2, 0.25) is 0 Å². The van der Waals surface area contributed by atoms with E-state index in [0.717, 1.165) is 12.1 Å². The lowest BCUT2D eigenvalue weighted by Crippen LogP contribution is -1.98. The fourth-order valence-corrected chi connectivity index (χ4v) is 3.45. The Morgan fingerprint density at radius 2 is 1.83 bits per heavy atom. The monoisotopic (exact) mass is 341 g/mol. The van der Waals surface area contributed by atoms with E-state index in [2.05, 4.69) is 4.98 Å². The van der Waals surface area contributed by atoms with Crippen LogP contribution in [0.15, 0.2) is 30.5 Å². The maximum atomic E-state index is 13.4. The second-order valence-electron chi connectivity index (χ2n) is 4.65. The molecule has 8 heteroatoms. The molecule has 0 fully saturated rings. The zero-order valence-electron chi connectivity index (χ0n) is 11.2. The van der Waals surface area contributed by atoms with Crippen molar-refractivity contribution in [3.05, 3.63) is 52.5 Å². The van der Waals surface area contributed by atoms with Crippen molar-refractivity contribution >= 4 is 27.5 Å². The Bertz CT molecular complexity index is 903. The highest BCUT2D eigenvalue weighted by Gasteiger charge is 2.27. The lowest BCUT2D eigenvalue weighted by molar-refractivity contribution is 0.0691. The molecule has 0 amide bonds. The Morgan fingerprint density at radius 1 is 1.17 bits per heavy atom. The first-order valence-electron chi connectivity index (χ1n) is 6.27. The van der Waals surface area contributed by atoms with Crippen LogP contribution < -0.4 is 0 Å². The summed E-state index contributed by atoms with van der Waals surface area (Å²) < 4.78 is 53.3. The second kappa shape index (κ2) is 5.62. The Kier molecular flexibility index (Phi) is 3.77. The molecule has 2 heterocycles. The largest absolute Gasteiger partial charge is 0.477 e. The van der Waals surface area contributed by atoms with Crippen LogP contribution in [0.1, 0.15) is 21.7 Å². The molecule has 0 aliphatic rings. The number of aromatic nitrogens is 1. The molecule has 3 nitrogen and oxygen atoms in total. The van der Waals surface area contributed by atoms with Gasteiger partial charge in [-0.25, -0.2) is 22.4 Å². The van der Waals surface area contributed by atoms with Gasteiger partial charge in [-0.15, -0.1) is 11.3 Å². The van der Waals surface area contributed by atoms with E-state index in [1.807, 2.05) is 0 Å². The SMILES string of the molecule is O=C(O)c1sc2c(-c3cc(F)cc(F)c3)ccnc2c1C(F)F. The minimum absolute atomic E-state index is 0.119. The maximum Gasteiger partial charge on any atom is 0.346 e. The van der Waals surface area contributed by atoms with Crippen LogP contribution in [0.3, 0.4) is 0 Å². The molecule has 0 saturated carbocycles. The molecule has 1 N–H and O–H groups in total. The fraction of sp³-hybridized carbons (Fsp3) is 0.0667. The molecule has 0 spiro atoms. The molecule has 0 saturated heterocycles. The predicted octanol–water partition coefficient (Wildman–Crippen LogP) is 4.88. The summed E-state index contributed by atoms with van der Waals surface area (Å²) in [4.78, 5) is 14.5. The number of aromatic carboxylic acids is 1. The standard InChI is InChI=1S/C15H7F4NO2S/c16-7-3-6(4-8(17)5-7)9-1-2-20-11-10(14(18)19)13(15(21)22)23-12(9)11/h1-5,14H,(H,21,22). The van der Waals surface area contributed by atoms with Crippen LogP contribution in [0, 0.1) is 11.6 Å². The number of carboxylic acids is 1. The van der Waals surface area contributed by atoms with Crippen molar-refractivity contribution in [3.63, 3.8) is 0 Å². The first-order chi connectivity index (χ1) is 10.9. The van der Waals surface area contributed by atoms with Crippen LogP contribution in [-0.2, 0) is 0 Å². The third-order valence-electron chi connectivity index (χ3n) is 3.19. The number of rotatable bonds is 3. The number of halogens is 4. The average molecular weight is 341 g/mol. The van der Waals surface area contributed by atoms with Crippen LogP contribution in [0.5, 0.6) is 0 Å². The number of hydrogen-bond donors (Lipinski definition) is 1. The van der Waals surface area contributed by atoms with E-state index < -0.39 is 34.5 Å². The van der Waals surface area contributed by atoms with Gasteiger partial charge in [-0.1, -0.05) is 0 Å². The number of alkyl halides is 2. The van der Waals surface area contributed by atoms with Crippen LogP contribution in [-0.4, -0.2) is 16.1 Å². The van der Waals surface area contributed by atoms with E-state index >= 15 is 0 Å². The number of hydrogen-bond acceptors (Lipinski definition) is 3. The molecular weight excluding hydrogens is 334 g/mol. The normalized spacial score (nSPS) is 11.3. The number of thiophene rings is 1. The molecule has 0 atom stereocenters. The Balaban J connectivity index is 2.35. The van der Waals surface area contributed by atoms with Crippen molar-refractivity contribution in [1.29, 1.82) is 0 Å². The van der Waals surface area contributed by atoms with Gasteiger partial charge < -0.3 is 5.11 Å². The van der Waals surface area contributed by atoms with Crippen molar-refractivity contribution in [2.75, 3.05) is 0 Å². The maximum absolute atomic E-state index is 13.4. The average Bonchev–Trinajstić information content (AvgIpc) is 2.85. The molecule has 3 aromatic rings. The molecule has 0 aliphatic carbocycles. The number of fused-ring (bicyclic) bond motifs is 1. The smallest absolute Gasteiger partial charge is 0.346 e. The molecule has 118 valence electrons. The summed E-state index contributed by atoms with van der Waals surface area (Å²) in [6.45, 7) is 0. The van der Waals surface area contributed by atoms with Crippen molar-refractivity contribution in [2.45, 2.75) is 6.43 Å². The molecule has 0 bridgehead atoms. The van der Waals surface area contributed by atoms with Crippen LogP contribution in [0.2, 0.25) is 0 Å². The summed E-state index contributed by atoms with van der Waals surface area (Å²) >= 11 is 0.607. The van der Waals surface area contributed by atoms with Gasteiger partial charge in [0.25, 0.3) is 6.43 Å². The zero-order valence-corrected chi connectivity index (χ0v) is 12.0. The third kappa shape index (κ3) is 2.65. The van der Waals surface area contributed by atoms with Crippen molar-refractivity contribution in [3.8, 4) is 11.1 Å². The zero-order chi connectivity index (χ0) is 16.7. The lowest BCUT2D eigenvalue weighted by atomic mass is 10.0. The summed E-state index contributed by atoms with van der Waals surface area (Å²) in [6.07, 6.45) is -1.83. The minimum Gasteiger partial charge on any atom is -0.477 e. The Labute approximate surface area is 130 Å². The summed E-state index contributed by atoms with van der Waals surface area (Å²) in [6, 6.07) is 4.16. The highest BCUT2D eigenvalue weighted by molar-refractivity contribution is 7.21. The summed E-state index contributed by atoms with van der Waals surface area (Å²) in [5.41, 5.74) is -0.498. The number of carbonyl (C=O) groups is 1. The van der Waals surface area contributed by atoms with Gasteiger partial charge in [-0.05, 0) is 23.8 Å². The highest BCUT2D eigenvalue weighted by atomic mass is 32.1. The molecular formula is C15H7F4NO2S. The topological polar surface area (TPSA) is 50.2 Å². The highest BCUT2D eigenvalue weighted by Crippen LogP contribution is 2.41. The quantitative estimate of drug-likeness (QED) is 0.691. The first-order valence-corrected chi connectivity index (χ1v) is 7.09. The molecule has 23 heavy (non-hydrogen) atoms. The summed E-state index contributed by atoms with van der Waals surface area (Å²) in [5, 5.41) is 9.09. The first kappa shape index (κ1) is 15.4. The van der Waals surface area contributed by atoms with Gasteiger partial charge in [0.15, 0.2) is 0 Å². The molecule has 0 radical (unpaired) electrons. The van der Waals surface area contributed by atoms with Gasteiger partial charge in [-0.3, -0.25) is 4.98 Å². The number of pyridine rings is 1. The van der Waals surface area contributed by atoms with E-state index in [1.165, 1.54) is 12.3 Å². The van der Waals surface area contributed by atoms with E-state index in [9.17, 15) is 22.4 Å². The molecule has 0 aliphatic heterocycles. The predicted molar refractivity (Wildman–Crippen MR) is 76.9 cm³/mol. The number of carboxylic acid groups (broad SMARTS) is 1. The second-order valence-corrected chi connectivity index (χ2v) is 5.67. The lowest BCUT2D eigenvalue weighted by Gasteiger charge is -2.04. The van der Waals surface area contributed by atoms with Crippen LogP contribution in [0.25, 0.3) is 21.3 Å². The summed E-state index contributed by atoms with van der Waals surface area (Å²) in [7, 11) is 0. The molecule has 3 rings (SSSR count). The van der Waals surface area contributed by atoms with E-state index in [-0.39, 0.29) is 21.3 Å². The molecule has 2 aromatic heterocycles. The number of nitrogens with zero attached hydrogens (tertiary/aromatic N) is 1. The number of benzene rings is 1. The van der Waals surface area contributed by atoms with E-state index in [4.69, 9.17) is 5.11 Å². The molecule has 0 unspecified atom stereocenters. The fourth-order valence-electron chi connectivity index (χ4n) is 2.31. The Hall–Kier alpha value is -2.48. The van der Waals surface area contributed by atoms with Gasteiger partial charge >= 0.3 is 5.97 Å². The van der Waals surface area contributed by atoms with Gasteiger partial charge in [-0.2, -0.15) is 0 Å². The van der Waals surface area contributed by atoms with Gasteiger partial charge in [0, 0.05) is 17.8 Å². The van der Waals surface area contributed by atoms with E-state index in [0.29, 0.717) is 17.4 Å². The molecule has 1 aromatic carbocycles. The minimum atomic E-state index is -3.03. The summed E-state index contributed by atoms with van der Waals surface area (Å²) in [5.74, 6) is -3.15. The van der Waals surface area contributed by atoms with Gasteiger partial charge in [0.05, 0.1) is 15.8 Å². The van der Waals surface area contributed by atoms with Crippen molar-refractivity contribution in [1.82, 2.24) is 4.98 Å². The third-order valence-corrected chi connectivity index (χ3v) is 4.41. The van der Waals surface area contributed by atoms with Gasteiger partial charge in [0.1, 0.15) is 16.5 Å². The van der Waals surface area contributed by atoms with Crippen molar-refractivity contribution < 1.29 is 27.5 Å². The van der Waals surface area contributed by atoms with Crippen LogP contribution in [0.4, 0.5) is 17.6 Å². The van der Waals surface area contributed by atoms with Crippen LogP contribution >= 0.6 is 11.3 Å². The van der Waals surface area contributed by atoms with E-state index in [1.54, 1.807) is 0 Å². The van der Waals surface area contributed by atoms with Crippen molar-refractivity contribution in [2.24, 2.45) is 0 Å². The Morgan fingerprint density at radius 3 is 2.39 bits per heavy atom.